The molecule has 4 N–H and O–H groups in total. The maximum absolute atomic E-state index is 6.02. The highest BCUT2D eigenvalue weighted by Crippen LogP contribution is 2.34. The summed E-state index contributed by atoms with van der Waals surface area (Å²) < 4.78 is 2.09. The van der Waals surface area contributed by atoms with Gasteiger partial charge in [-0.1, -0.05) is 18.7 Å². The summed E-state index contributed by atoms with van der Waals surface area (Å²) in [5.74, 6) is 0. The van der Waals surface area contributed by atoms with Crippen molar-refractivity contribution in [2.75, 3.05) is 16.4 Å². The highest BCUT2D eigenvalue weighted by molar-refractivity contribution is 7.18. The summed E-state index contributed by atoms with van der Waals surface area (Å²) in [5.41, 5.74) is 13.4. The van der Waals surface area contributed by atoms with E-state index in [9.17, 15) is 0 Å². The zero-order valence-corrected chi connectivity index (χ0v) is 19.3. The molecule has 0 saturated carbocycles. The molecule has 0 bridgehead atoms. The van der Waals surface area contributed by atoms with Crippen LogP contribution < -0.4 is 16.4 Å². The van der Waals surface area contributed by atoms with Crippen molar-refractivity contribution in [3.8, 4) is 11.4 Å². The van der Waals surface area contributed by atoms with E-state index in [2.05, 4.69) is 52.2 Å². The van der Waals surface area contributed by atoms with E-state index >= 15 is 0 Å². The van der Waals surface area contributed by atoms with Gasteiger partial charge < -0.3 is 16.4 Å². The smallest absolute Gasteiger partial charge is 0.188 e. The number of anilines is 4. The van der Waals surface area contributed by atoms with E-state index in [1.807, 2.05) is 43.3 Å². The second kappa shape index (κ2) is 8.14. The van der Waals surface area contributed by atoms with Crippen LogP contribution in [0.4, 0.5) is 21.5 Å². The van der Waals surface area contributed by atoms with E-state index in [-0.39, 0.29) is 0 Å². The van der Waals surface area contributed by atoms with Crippen LogP contribution in [0.15, 0.2) is 66.7 Å². The number of thiophene rings is 1. The minimum absolute atomic E-state index is 0.691. The summed E-state index contributed by atoms with van der Waals surface area (Å²) >= 11 is 3.18. The summed E-state index contributed by atoms with van der Waals surface area (Å²) in [6, 6.07) is 15.9. The van der Waals surface area contributed by atoms with Crippen molar-refractivity contribution < 1.29 is 0 Å². The van der Waals surface area contributed by atoms with Crippen molar-refractivity contribution in [2.24, 2.45) is 0 Å². The molecule has 0 unspecified atom stereocenters. The lowest BCUT2D eigenvalue weighted by Gasteiger charge is -2.10. The van der Waals surface area contributed by atoms with Gasteiger partial charge in [-0.2, -0.15) is 0 Å². The van der Waals surface area contributed by atoms with Crippen LogP contribution in [0.1, 0.15) is 16.1 Å². The quantitative estimate of drug-likeness (QED) is 0.252. The van der Waals surface area contributed by atoms with Gasteiger partial charge in [0.2, 0.25) is 0 Å². The van der Waals surface area contributed by atoms with Crippen LogP contribution in [-0.2, 0) is 0 Å². The molecule has 5 aromatic rings. The predicted octanol–water partition coefficient (Wildman–Crippen LogP) is 6.54. The Balaban J connectivity index is 1.34. The molecule has 0 atom stereocenters. The van der Waals surface area contributed by atoms with Gasteiger partial charge in [0, 0.05) is 17.3 Å². The maximum atomic E-state index is 6.02. The molecule has 0 saturated heterocycles. The fourth-order valence-electron chi connectivity index (χ4n) is 3.52. The maximum Gasteiger partial charge on any atom is 0.188 e. The van der Waals surface area contributed by atoms with E-state index < -0.39 is 0 Å². The fourth-order valence-corrected chi connectivity index (χ4v) is 5.12. The molecular formula is C24H22N6S2. The molecule has 1 aromatic carbocycles. The number of nitrogens with two attached hydrogens (primary N) is 1. The van der Waals surface area contributed by atoms with Crippen LogP contribution in [0.5, 0.6) is 0 Å². The third-order valence-corrected chi connectivity index (χ3v) is 6.90. The van der Waals surface area contributed by atoms with Crippen molar-refractivity contribution in [2.45, 2.75) is 13.8 Å². The van der Waals surface area contributed by atoms with Crippen molar-refractivity contribution >= 4 is 55.5 Å². The Bertz CT molecular complexity index is 1440. The summed E-state index contributed by atoms with van der Waals surface area (Å²) in [6.07, 6.45) is 2.05. The second-order valence-corrected chi connectivity index (χ2v) is 9.44. The number of pyridine rings is 1. The molecule has 0 aliphatic rings. The number of para-hydroxylation sites is 2. The number of nitrogens with one attached hydrogen (secondary N) is 2. The van der Waals surface area contributed by atoms with Crippen molar-refractivity contribution in [1.82, 2.24) is 14.4 Å². The molecule has 0 spiro atoms. The van der Waals surface area contributed by atoms with Crippen LogP contribution in [-0.4, -0.2) is 14.4 Å². The first-order chi connectivity index (χ1) is 15.5. The number of thiazole rings is 1. The van der Waals surface area contributed by atoms with E-state index in [4.69, 9.17) is 15.7 Å². The van der Waals surface area contributed by atoms with Gasteiger partial charge in [0.25, 0.3) is 0 Å². The van der Waals surface area contributed by atoms with Gasteiger partial charge in [0.05, 0.1) is 32.6 Å². The number of aryl methyl sites for hydroxylation is 2. The number of benzene rings is 1. The first-order valence-electron chi connectivity index (χ1n) is 10.1. The third-order valence-electron chi connectivity index (χ3n) is 5.08. The van der Waals surface area contributed by atoms with E-state index in [1.165, 1.54) is 5.56 Å². The van der Waals surface area contributed by atoms with Gasteiger partial charge >= 0.3 is 0 Å². The summed E-state index contributed by atoms with van der Waals surface area (Å²) in [7, 11) is 0. The first kappa shape index (κ1) is 20.3. The molecule has 6 nitrogen and oxygen atoms in total. The average Bonchev–Trinajstić information content (AvgIpc) is 3.48. The van der Waals surface area contributed by atoms with Crippen LogP contribution in [0, 0.1) is 13.8 Å². The highest BCUT2D eigenvalue weighted by Gasteiger charge is 2.15. The Morgan fingerprint density at radius 2 is 1.94 bits per heavy atom. The van der Waals surface area contributed by atoms with E-state index in [1.54, 1.807) is 22.7 Å². The number of nitrogen functional groups attached to an aromatic ring is 1. The minimum Gasteiger partial charge on any atom is -0.397 e. The molecule has 8 heteroatoms. The summed E-state index contributed by atoms with van der Waals surface area (Å²) in [6.45, 7) is 8.25. The van der Waals surface area contributed by atoms with Gasteiger partial charge in [-0.05, 0) is 55.8 Å². The number of nitrogens with zero attached hydrogens (tertiary/aromatic N) is 3. The second-order valence-electron chi connectivity index (χ2n) is 7.50. The average molecular weight is 459 g/mol. The molecule has 0 fully saturated rings. The van der Waals surface area contributed by atoms with Gasteiger partial charge in [-0.25, -0.2) is 9.97 Å². The van der Waals surface area contributed by atoms with Crippen molar-refractivity contribution in [3.05, 3.63) is 82.8 Å². The monoisotopic (exact) mass is 458 g/mol. The standard InChI is InChI=1S/C24H22N6S2/c1-14-10-11-30-21(12-14)27-16(3)23(30)19-13-31-24(28-19)29-22-9-8-20(32-22)15(2)26-18-7-5-4-6-17(18)25/h4-13,26H,2,25H2,1,3H3,(H,28,29). The number of rotatable bonds is 6. The Morgan fingerprint density at radius 1 is 1.09 bits per heavy atom. The van der Waals surface area contributed by atoms with E-state index in [0.29, 0.717) is 5.69 Å². The summed E-state index contributed by atoms with van der Waals surface area (Å²) in [4.78, 5) is 10.5. The van der Waals surface area contributed by atoms with Gasteiger partial charge in [0.1, 0.15) is 11.3 Å². The Kier molecular flexibility index (Phi) is 5.16. The highest BCUT2D eigenvalue weighted by atomic mass is 32.1. The Morgan fingerprint density at radius 3 is 2.78 bits per heavy atom. The molecule has 0 aliphatic heterocycles. The van der Waals surface area contributed by atoms with Gasteiger partial charge in [-0.15, -0.1) is 22.7 Å². The predicted molar refractivity (Wildman–Crippen MR) is 137 cm³/mol. The zero-order valence-electron chi connectivity index (χ0n) is 17.7. The number of hydrogen-bond acceptors (Lipinski definition) is 7. The topological polar surface area (TPSA) is 80.3 Å². The normalized spacial score (nSPS) is 11.1. The van der Waals surface area contributed by atoms with E-state index in [0.717, 1.165) is 49.1 Å². The SMILES string of the molecule is C=C(Nc1ccccc1N)c1ccc(Nc2nc(-c3c(C)nc4cc(C)ccn34)cs2)s1. The Hall–Kier alpha value is -3.62. The molecule has 32 heavy (non-hydrogen) atoms. The molecule has 0 radical (unpaired) electrons. The first-order valence-corrected chi connectivity index (χ1v) is 11.8. The van der Waals surface area contributed by atoms with Gasteiger partial charge in [-0.3, -0.25) is 4.40 Å². The summed E-state index contributed by atoms with van der Waals surface area (Å²) in [5, 5.41) is 10.6. The largest absolute Gasteiger partial charge is 0.397 e. The Labute approximate surface area is 194 Å². The molecule has 160 valence electrons. The number of aromatic nitrogens is 3. The molecule has 0 amide bonds. The molecule has 0 aliphatic carbocycles. The lowest BCUT2D eigenvalue weighted by molar-refractivity contribution is 1.16. The molecule has 5 rings (SSSR count). The molecule has 4 heterocycles. The van der Waals surface area contributed by atoms with Crippen LogP contribution >= 0.6 is 22.7 Å². The lowest BCUT2D eigenvalue weighted by Crippen LogP contribution is -1.99. The van der Waals surface area contributed by atoms with Crippen LogP contribution in [0.25, 0.3) is 22.7 Å². The lowest BCUT2D eigenvalue weighted by atomic mass is 10.2. The molecular weight excluding hydrogens is 436 g/mol. The third kappa shape index (κ3) is 3.86. The molecule has 4 aromatic heterocycles. The minimum atomic E-state index is 0.691. The number of hydrogen-bond donors (Lipinski definition) is 3. The fraction of sp³-hybridized carbons (Fsp3) is 0.0833. The number of imidazole rings is 1. The van der Waals surface area contributed by atoms with Crippen molar-refractivity contribution in [1.29, 1.82) is 0 Å². The van der Waals surface area contributed by atoms with Gasteiger partial charge in [0.15, 0.2) is 5.13 Å². The zero-order chi connectivity index (χ0) is 22.2. The van der Waals surface area contributed by atoms with Crippen LogP contribution in [0.3, 0.4) is 0 Å². The van der Waals surface area contributed by atoms with Crippen molar-refractivity contribution in [3.63, 3.8) is 0 Å². The van der Waals surface area contributed by atoms with Crippen LogP contribution in [0.2, 0.25) is 0 Å². The number of fused-ring (bicyclic) bond motifs is 1.